The number of piperazine rings is 1. The number of para-hydroxylation sites is 1. The molecular formula is C21H31N5O. The zero-order valence-corrected chi connectivity index (χ0v) is 16.7. The number of carbonyl (C=O) groups is 1. The average Bonchev–Trinajstić information content (AvgIpc) is 3.16. The first kappa shape index (κ1) is 19.5. The summed E-state index contributed by atoms with van der Waals surface area (Å²) < 4.78 is 0. The van der Waals surface area contributed by atoms with E-state index in [-0.39, 0.29) is 11.6 Å². The molecule has 6 heteroatoms. The van der Waals surface area contributed by atoms with Crippen molar-refractivity contribution in [3.05, 3.63) is 29.8 Å². The van der Waals surface area contributed by atoms with Crippen LogP contribution in [-0.4, -0.2) is 67.2 Å². The molecule has 1 atom stereocenters. The minimum absolute atomic E-state index is 0.0393. The van der Waals surface area contributed by atoms with Gasteiger partial charge in [0.1, 0.15) is 6.07 Å². The van der Waals surface area contributed by atoms with E-state index in [1.807, 2.05) is 29.2 Å². The van der Waals surface area contributed by atoms with Crippen LogP contribution < -0.4 is 10.2 Å². The van der Waals surface area contributed by atoms with Gasteiger partial charge in [0.2, 0.25) is 0 Å². The van der Waals surface area contributed by atoms with E-state index in [0.29, 0.717) is 24.6 Å². The largest absolute Gasteiger partial charge is 0.367 e. The van der Waals surface area contributed by atoms with E-state index >= 15 is 0 Å². The summed E-state index contributed by atoms with van der Waals surface area (Å²) in [5.41, 5.74) is 1.86. The van der Waals surface area contributed by atoms with Crippen LogP contribution in [0.4, 0.5) is 10.5 Å². The van der Waals surface area contributed by atoms with Crippen LogP contribution in [0.15, 0.2) is 24.3 Å². The first-order valence-electron chi connectivity index (χ1n) is 9.90. The van der Waals surface area contributed by atoms with E-state index in [1.54, 1.807) is 0 Å². The monoisotopic (exact) mass is 369 g/mol. The number of urea groups is 1. The van der Waals surface area contributed by atoms with Crippen LogP contribution in [0.2, 0.25) is 0 Å². The van der Waals surface area contributed by atoms with E-state index < -0.39 is 0 Å². The Bertz CT molecular complexity index is 697. The Kier molecular flexibility index (Phi) is 5.91. The molecule has 146 valence electrons. The van der Waals surface area contributed by atoms with Crippen molar-refractivity contribution in [1.82, 2.24) is 15.1 Å². The van der Waals surface area contributed by atoms with Crippen LogP contribution in [-0.2, 0) is 0 Å². The molecular weight excluding hydrogens is 338 g/mol. The molecule has 3 rings (SSSR count). The van der Waals surface area contributed by atoms with Gasteiger partial charge in [0.05, 0.1) is 11.3 Å². The van der Waals surface area contributed by atoms with Crippen LogP contribution in [0.5, 0.6) is 0 Å². The number of rotatable bonds is 3. The third-order valence-electron chi connectivity index (χ3n) is 5.71. The lowest BCUT2D eigenvalue weighted by Crippen LogP contribution is -2.52. The van der Waals surface area contributed by atoms with Crippen molar-refractivity contribution in [2.45, 2.75) is 32.7 Å². The smallest absolute Gasteiger partial charge is 0.317 e. The number of carbonyl (C=O) groups excluding carboxylic acids is 1. The number of anilines is 1. The normalized spacial score (nSPS) is 21.2. The molecule has 2 saturated heterocycles. The first-order valence-corrected chi connectivity index (χ1v) is 9.90. The summed E-state index contributed by atoms with van der Waals surface area (Å²) in [4.78, 5) is 19.1. The van der Waals surface area contributed by atoms with Crippen molar-refractivity contribution in [3.8, 4) is 6.07 Å². The van der Waals surface area contributed by atoms with Crippen LogP contribution in [0.25, 0.3) is 0 Å². The number of nitrogens with one attached hydrogen (secondary N) is 1. The van der Waals surface area contributed by atoms with Gasteiger partial charge in [-0.2, -0.15) is 5.26 Å². The topological polar surface area (TPSA) is 62.6 Å². The van der Waals surface area contributed by atoms with Gasteiger partial charge in [-0.15, -0.1) is 0 Å². The molecule has 2 fully saturated rings. The van der Waals surface area contributed by atoms with Crippen LogP contribution in [0.3, 0.4) is 0 Å². The van der Waals surface area contributed by atoms with Crippen molar-refractivity contribution in [1.29, 1.82) is 5.26 Å². The number of hydrogen-bond acceptors (Lipinski definition) is 4. The number of nitrogens with zero attached hydrogens (tertiary/aromatic N) is 4. The molecule has 0 spiro atoms. The fraction of sp³-hybridized carbons (Fsp3) is 0.619. The number of amides is 2. The molecule has 27 heavy (non-hydrogen) atoms. The van der Waals surface area contributed by atoms with Crippen molar-refractivity contribution < 1.29 is 4.79 Å². The highest BCUT2D eigenvalue weighted by molar-refractivity contribution is 5.74. The van der Waals surface area contributed by atoms with Gasteiger partial charge in [-0.3, -0.25) is 4.90 Å². The zero-order valence-electron chi connectivity index (χ0n) is 16.7. The Labute approximate surface area is 162 Å². The molecule has 1 unspecified atom stereocenters. The summed E-state index contributed by atoms with van der Waals surface area (Å²) in [5, 5.41) is 12.4. The Morgan fingerprint density at radius 2 is 1.89 bits per heavy atom. The van der Waals surface area contributed by atoms with Gasteiger partial charge in [0, 0.05) is 44.8 Å². The fourth-order valence-electron chi connectivity index (χ4n) is 3.95. The van der Waals surface area contributed by atoms with E-state index in [1.165, 1.54) is 0 Å². The van der Waals surface area contributed by atoms with Gasteiger partial charge in [-0.1, -0.05) is 12.1 Å². The molecule has 2 aliphatic rings. The van der Waals surface area contributed by atoms with Crippen LogP contribution >= 0.6 is 0 Å². The van der Waals surface area contributed by atoms with Gasteiger partial charge < -0.3 is 15.1 Å². The van der Waals surface area contributed by atoms with Crippen molar-refractivity contribution in [2.24, 2.45) is 5.92 Å². The maximum atomic E-state index is 12.5. The maximum absolute atomic E-state index is 12.5. The summed E-state index contributed by atoms with van der Waals surface area (Å²) in [6.45, 7) is 12.6. The van der Waals surface area contributed by atoms with Crippen molar-refractivity contribution >= 4 is 11.7 Å². The highest BCUT2D eigenvalue weighted by atomic mass is 16.2. The molecule has 1 aromatic carbocycles. The number of nitriles is 1. The third kappa shape index (κ3) is 4.72. The molecule has 0 aliphatic carbocycles. The van der Waals surface area contributed by atoms with Gasteiger partial charge in [-0.05, 0) is 51.8 Å². The van der Waals surface area contributed by atoms with E-state index in [4.69, 9.17) is 0 Å². The molecule has 2 heterocycles. The lowest BCUT2D eigenvalue weighted by molar-refractivity contribution is 0.166. The second-order valence-electron chi connectivity index (χ2n) is 8.56. The SMILES string of the molecule is CC(C)(C)N1CCC(CNC(=O)N2CCN(c3ccccc3C#N)CC2)C1. The van der Waals surface area contributed by atoms with Gasteiger partial charge in [0.25, 0.3) is 0 Å². The summed E-state index contributed by atoms with van der Waals surface area (Å²) in [6.07, 6.45) is 1.15. The lowest BCUT2D eigenvalue weighted by atomic mass is 10.1. The Morgan fingerprint density at radius 3 is 2.52 bits per heavy atom. The molecule has 0 aromatic heterocycles. The second kappa shape index (κ2) is 8.18. The fourth-order valence-corrected chi connectivity index (χ4v) is 3.95. The summed E-state index contributed by atoms with van der Waals surface area (Å²) in [7, 11) is 0. The van der Waals surface area contributed by atoms with E-state index in [9.17, 15) is 10.1 Å². The molecule has 1 aromatic rings. The summed E-state index contributed by atoms with van der Waals surface area (Å²) >= 11 is 0. The highest BCUT2D eigenvalue weighted by Gasteiger charge is 2.30. The molecule has 2 amide bonds. The second-order valence-corrected chi connectivity index (χ2v) is 8.56. The summed E-state index contributed by atoms with van der Waals surface area (Å²) in [6, 6.07) is 9.96. The van der Waals surface area contributed by atoms with Crippen LogP contribution in [0, 0.1) is 17.2 Å². The predicted octanol–water partition coefficient (Wildman–Crippen LogP) is 2.51. The van der Waals surface area contributed by atoms with Gasteiger partial charge in [-0.25, -0.2) is 4.79 Å². The Morgan fingerprint density at radius 1 is 1.19 bits per heavy atom. The number of benzene rings is 1. The number of likely N-dealkylation sites (tertiary alicyclic amines) is 1. The molecule has 0 saturated carbocycles. The van der Waals surface area contributed by atoms with Crippen molar-refractivity contribution in [2.75, 3.05) is 50.7 Å². The molecule has 0 bridgehead atoms. The standard InChI is InChI=1S/C21H31N5O/c1-21(2,3)26-9-8-17(16-26)15-23-20(27)25-12-10-24(11-13-25)19-7-5-4-6-18(19)14-22/h4-7,17H,8-13,15-16H2,1-3H3,(H,23,27). The quantitative estimate of drug-likeness (QED) is 0.889. The van der Waals surface area contributed by atoms with Crippen LogP contribution in [0.1, 0.15) is 32.8 Å². The zero-order chi connectivity index (χ0) is 19.4. The minimum Gasteiger partial charge on any atom is -0.367 e. The van der Waals surface area contributed by atoms with Crippen molar-refractivity contribution in [3.63, 3.8) is 0 Å². The van der Waals surface area contributed by atoms with E-state index in [0.717, 1.165) is 44.8 Å². The average molecular weight is 370 g/mol. The van der Waals surface area contributed by atoms with E-state index in [2.05, 4.69) is 42.0 Å². The minimum atomic E-state index is 0.0393. The Balaban J connectivity index is 1.45. The molecule has 6 nitrogen and oxygen atoms in total. The van der Waals surface area contributed by atoms with Gasteiger partial charge in [0.15, 0.2) is 0 Å². The maximum Gasteiger partial charge on any atom is 0.317 e. The highest BCUT2D eigenvalue weighted by Crippen LogP contribution is 2.24. The molecule has 0 radical (unpaired) electrons. The third-order valence-corrected chi connectivity index (χ3v) is 5.71. The number of hydrogen-bond donors (Lipinski definition) is 1. The Hall–Kier alpha value is -2.26. The summed E-state index contributed by atoms with van der Waals surface area (Å²) in [5.74, 6) is 0.539. The van der Waals surface area contributed by atoms with Gasteiger partial charge >= 0.3 is 6.03 Å². The predicted molar refractivity (Wildman–Crippen MR) is 108 cm³/mol. The lowest BCUT2D eigenvalue weighted by Gasteiger charge is -2.36. The first-order chi connectivity index (χ1) is 12.9. The molecule has 1 N–H and O–H groups in total. The molecule has 2 aliphatic heterocycles.